The predicted octanol–water partition coefficient (Wildman–Crippen LogP) is 1.11. The highest BCUT2D eigenvalue weighted by atomic mass is 35.5. The largest absolute Gasteiger partial charge is 0.399 e. The first-order valence-corrected chi connectivity index (χ1v) is 6.85. The molecule has 102 valence electrons. The molecule has 0 aliphatic carbocycles. The van der Waals surface area contributed by atoms with E-state index in [-0.39, 0.29) is 17.3 Å². The number of anilines is 1. The van der Waals surface area contributed by atoms with E-state index in [0.29, 0.717) is 0 Å². The quantitative estimate of drug-likeness (QED) is 0.726. The van der Waals surface area contributed by atoms with Crippen molar-refractivity contribution in [2.45, 2.75) is 24.3 Å². The molecular formula is C10H14ClFN2O3S. The summed E-state index contributed by atoms with van der Waals surface area (Å²) in [5.74, 6) is -1.07. The normalized spacial score (nSPS) is 12.7. The fourth-order valence-electron chi connectivity index (χ4n) is 1.13. The molecule has 0 fully saturated rings. The zero-order chi connectivity index (χ0) is 14.1. The monoisotopic (exact) mass is 296 g/mol. The van der Waals surface area contributed by atoms with Crippen LogP contribution in [0.2, 0.25) is 5.02 Å². The Morgan fingerprint density at radius 3 is 2.56 bits per heavy atom. The maximum atomic E-state index is 13.6. The zero-order valence-corrected chi connectivity index (χ0v) is 11.4. The summed E-state index contributed by atoms with van der Waals surface area (Å²) in [6, 6.07) is 2.08. The molecule has 0 saturated heterocycles. The van der Waals surface area contributed by atoms with Crippen LogP contribution in [0, 0.1) is 5.82 Å². The number of aliphatic hydroxyl groups is 1. The molecule has 1 aromatic carbocycles. The second kappa shape index (κ2) is 5.00. The van der Waals surface area contributed by atoms with E-state index in [1.807, 2.05) is 0 Å². The van der Waals surface area contributed by atoms with Gasteiger partial charge in [-0.25, -0.2) is 17.5 Å². The van der Waals surface area contributed by atoms with Crippen molar-refractivity contribution in [2.24, 2.45) is 0 Å². The van der Waals surface area contributed by atoms with Gasteiger partial charge in [0.25, 0.3) is 0 Å². The molecule has 1 aromatic rings. The lowest BCUT2D eigenvalue weighted by Crippen LogP contribution is -2.38. The first-order chi connectivity index (χ1) is 8.03. The fourth-order valence-corrected chi connectivity index (χ4v) is 2.75. The Morgan fingerprint density at radius 1 is 1.50 bits per heavy atom. The van der Waals surface area contributed by atoms with E-state index >= 15 is 0 Å². The van der Waals surface area contributed by atoms with Crippen LogP contribution in [0.5, 0.6) is 0 Å². The number of hydrogen-bond acceptors (Lipinski definition) is 4. The van der Waals surface area contributed by atoms with Gasteiger partial charge in [-0.1, -0.05) is 11.6 Å². The average molecular weight is 297 g/mol. The molecule has 0 unspecified atom stereocenters. The van der Waals surface area contributed by atoms with Gasteiger partial charge >= 0.3 is 0 Å². The van der Waals surface area contributed by atoms with Gasteiger partial charge in [-0.15, -0.1) is 0 Å². The SMILES string of the molecule is CC(C)(O)CNS(=O)(=O)c1cc(N)cc(Cl)c1F. The van der Waals surface area contributed by atoms with Gasteiger partial charge in [0.2, 0.25) is 10.0 Å². The van der Waals surface area contributed by atoms with E-state index in [1.54, 1.807) is 0 Å². The molecule has 0 aliphatic rings. The first-order valence-electron chi connectivity index (χ1n) is 4.99. The maximum Gasteiger partial charge on any atom is 0.243 e. The Balaban J connectivity index is 3.13. The highest BCUT2D eigenvalue weighted by Crippen LogP contribution is 2.25. The summed E-state index contributed by atoms with van der Waals surface area (Å²) in [6.07, 6.45) is 0. The fraction of sp³-hybridized carbons (Fsp3) is 0.400. The van der Waals surface area contributed by atoms with E-state index in [2.05, 4.69) is 4.72 Å². The minimum absolute atomic E-state index is 0.0324. The Hall–Kier alpha value is -0.890. The second-order valence-electron chi connectivity index (χ2n) is 4.45. The Labute approximate surface area is 110 Å². The van der Waals surface area contributed by atoms with Gasteiger partial charge in [0.1, 0.15) is 4.90 Å². The molecule has 0 heterocycles. The lowest BCUT2D eigenvalue weighted by Gasteiger charge is -2.18. The van der Waals surface area contributed by atoms with Gasteiger partial charge in [-0.3, -0.25) is 0 Å². The predicted molar refractivity (Wildman–Crippen MR) is 67.3 cm³/mol. The summed E-state index contributed by atoms with van der Waals surface area (Å²) in [6.45, 7) is 2.57. The van der Waals surface area contributed by atoms with Crippen molar-refractivity contribution >= 4 is 27.3 Å². The summed E-state index contributed by atoms with van der Waals surface area (Å²) >= 11 is 5.52. The Kier molecular flexibility index (Phi) is 4.22. The van der Waals surface area contributed by atoms with E-state index in [9.17, 15) is 17.9 Å². The number of nitrogens with one attached hydrogen (secondary N) is 1. The third-order valence-electron chi connectivity index (χ3n) is 2.00. The maximum absolute atomic E-state index is 13.6. The highest BCUT2D eigenvalue weighted by molar-refractivity contribution is 7.89. The molecule has 18 heavy (non-hydrogen) atoms. The number of nitrogen functional groups attached to an aromatic ring is 1. The third kappa shape index (κ3) is 3.81. The molecule has 0 aromatic heterocycles. The molecule has 5 nitrogen and oxygen atoms in total. The first kappa shape index (κ1) is 15.2. The smallest absolute Gasteiger partial charge is 0.243 e. The van der Waals surface area contributed by atoms with Crippen molar-refractivity contribution in [1.82, 2.24) is 4.72 Å². The molecule has 8 heteroatoms. The van der Waals surface area contributed by atoms with Gasteiger partial charge in [0.15, 0.2) is 5.82 Å². The van der Waals surface area contributed by atoms with Gasteiger partial charge in [-0.05, 0) is 26.0 Å². The van der Waals surface area contributed by atoms with Crippen molar-refractivity contribution in [3.8, 4) is 0 Å². The number of rotatable bonds is 4. The number of benzene rings is 1. The van der Waals surface area contributed by atoms with Gasteiger partial charge < -0.3 is 10.8 Å². The number of nitrogens with two attached hydrogens (primary N) is 1. The van der Waals surface area contributed by atoms with Crippen molar-refractivity contribution in [3.05, 3.63) is 23.0 Å². The lowest BCUT2D eigenvalue weighted by molar-refractivity contribution is 0.0857. The highest BCUT2D eigenvalue weighted by Gasteiger charge is 2.24. The average Bonchev–Trinajstić information content (AvgIpc) is 2.19. The molecule has 1 rings (SSSR count). The molecule has 0 radical (unpaired) electrons. The number of hydrogen-bond donors (Lipinski definition) is 3. The van der Waals surface area contributed by atoms with Crippen LogP contribution in [0.25, 0.3) is 0 Å². The molecule has 0 spiro atoms. The van der Waals surface area contributed by atoms with Crippen LogP contribution in [0.15, 0.2) is 17.0 Å². The number of sulfonamides is 1. The topological polar surface area (TPSA) is 92.4 Å². The van der Waals surface area contributed by atoms with Gasteiger partial charge in [0, 0.05) is 12.2 Å². The number of halogens is 2. The lowest BCUT2D eigenvalue weighted by atomic mass is 10.1. The standard InChI is InChI=1S/C10H14ClFN2O3S/c1-10(2,15)5-14-18(16,17)8-4-6(13)3-7(11)9(8)12/h3-4,14-15H,5,13H2,1-2H3. The van der Waals surface area contributed by atoms with E-state index in [1.165, 1.54) is 13.8 Å². The molecule has 0 bridgehead atoms. The Morgan fingerprint density at radius 2 is 2.06 bits per heavy atom. The molecule has 0 amide bonds. The zero-order valence-electron chi connectivity index (χ0n) is 9.87. The Bertz CT molecular complexity index is 555. The van der Waals surface area contributed by atoms with Crippen molar-refractivity contribution in [1.29, 1.82) is 0 Å². The molecule has 0 atom stereocenters. The van der Waals surface area contributed by atoms with Crippen molar-refractivity contribution < 1.29 is 17.9 Å². The summed E-state index contributed by atoms with van der Waals surface area (Å²) in [7, 11) is -4.12. The molecule has 0 aliphatic heterocycles. The summed E-state index contributed by atoms with van der Waals surface area (Å²) < 4.78 is 39.4. The molecule has 0 saturated carbocycles. The summed E-state index contributed by atoms with van der Waals surface area (Å²) in [5.41, 5.74) is 4.19. The van der Waals surface area contributed by atoms with Crippen LogP contribution >= 0.6 is 11.6 Å². The second-order valence-corrected chi connectivity index (χ2v) is 6.59. The van der Waals surface area contributed by atoms with E-state index < -0.39 is 26.3 Å². The van der Waals surface area contributed by atoms with Crippen molar-refractivity contribution in [3.63, 3.8) is 0 Å². The molecule has 4 N–H and O–H groups in total. The van der Waals surface area contributed by atoms with Gasteiger partial charge in [-0.2, -0.15) is 0 Å². The minimum atomic E-state index is -4.12. The van der Waals surface area contributed by atoms with E-state index in [4.69, 9.17) is 17.3 Å². The van der Waals surface area contributed by atoms with Crippen LogP contribution in [0.4, 0.5) is 10.1 Å². The summed E-state index contributed by atoms with van der Waals surface area (Å²) in [4.78, 5) is -0.642. The van der Waals surface area contributed by atoms with Crippen LogP contribution in [0.3, 0.4) is 0 Å². The van der Waals surface area contributed by atoms with Crippen LogP contribution in [0.1, 0.15) is 13.8 Å². The van der Waals surface area contributed by atoms with Crippen LogP contribution in [-0.4, -0.2) is 25.7 Å². The minimum Gasteiger partial charge on any atom is -0.399 e. The van der Waals surface area contributed by atoms with Crippen molar-refractivity contribution in [2.75, 3.05) is 12.3 Å². The molecular weight excluding hydrogens is 283 g/mol. The van der Waals surface area contributed by atoms with Gasteiger partial charge in [0.05, 0.1) is 10.6 Å². The third-order valence-corrected chi connectivity index (χ3v) is 3.68. The van der Waals surface area contributed by atoms with Crippen LogP contribution < -0.4 is 10.5 Å². The summed E-state index contributed by atoms with van der Waals surface area (Å²) in [5, 5.41) is 9.06. The van der Waals surface area contributed by atoms with E-state index in [0.717, 1.165) is 12.1 Å². The van der Waals surface area contributed by atoms with Crippen LogP contribution in [-0.2, 0) is 10.0 Å².